The number of ether oxygens (including phenoxy) is 1. The number of aromatic nitrogens is 1. The van der Waals surface area contributed by atoms with Crippen molar-refractivity contribution in [3.63, 3.8) is 0 Å². The Labute approximate surface area is 101 Å². The maximum absolute atomic E-state index is 6.11. The van der Waals surface area contributed by atoms with Crippen molar-refractivity contribution in [2.75, 3.05) is 13.1 Å². The van der Waals surface area contributed by atoms with Crippen molar-refractivity contribution in [3.05, 3.63) is 30.5 Å². The fourth-order valence-corrected chi connectivity index (χ4v) is 2.48. The number of aryl methyl sites for hydroxylation is 1. The summed E-state index contributed by atoms with van der Waals surface area (Å²) in [7, 11) is 2.06. The summed E-state index contributed by atoms with van der Waals surface area (Å²) in [6.45, 7) is 2.08. The fourth-order valence-electron chi connectivity index (χ4n) is 2.48. The summed E-state index contributed by atoms with van der Waals surface area (Å²) >= 11 is 0. The molecular weight excluding hydrogens is 212 g/mol. The molecule has 0 aliphatic carbocycles. The van der Waals surface area contributed by atoms with E-state index in [2.05, 4.69) is 47.4 Å². The maximum Gasteiger partial charge on any atom is 0.129 e. The summed E-state index contributed by atoms with van der Waals surface area (Å²) in [4.78, 5) is 0. The van der Waals surface area contributed by atoms with E-state index in [1.54, 1.807) is 0 Å². The lowest BCUT2D eigenvalue weighted by Crippen LogP contribution is -2.37. The van der Waals surface area contributed by atoms with Gasteiger partial charge in [0, 0.05) is 25.2 Å². The van der Waals surface area contributed by atoms with E-state index in [1.165, 1.54) is 17.3 Å². The lowest BCUT2D eigenvalue weighted by molar-refractivity contribution is 0.169. The minimum Gasteiger partial charge on any atom is -0.488 e. The highest BCUT2D eigenvalue weighted by Crippen LogP contribution is 2.27. The average Bonchev–Trinajstić information content (AvgIpc) is 2.74. The molecule has 90 valence electrons. The van der Waals surface area contributed by atoms with E-state index in [0.29, 0.717) is 6.10 Å². The van der Waals surface area contributed by atoms with Crippen LogP contribution in [0.4, 0.5) is 0 Å². The molecule has 1 atom stereocenters. The van der Waals surface area contributed by atoms with Gasteiger partial charge >= 0.3 is 0 Å². The predicted molar refractivity (Wildman–Crippen MR) is 69.4 cm³/mol. The van der Waals surface area contributed by atoms with Gasteiger partial charge in [-0.1, -0.05) is 6.07 Å². The van der Waals surface area contributed by atoms with Crippen LogP contribution in [0.25, 0.3) is 10.9 Å². The first-order chi connectivity index (χ1) is 8.34. The van der Waals surface area contributed by atoms with Gasteiger partial charge in [-0.2, -0.15) is 0 Å². The molecule has 17 heavy (non-hydrogen) atoms. The zero-order valence-corrected chi connectivity index (χ0v) is 10.1. The highest BCUT2D eigenvalue weighted by atomic mass is 16.5. The summed E-state index contributed by atoms with van der Waals surface area (Å²) in [6.07, 6.45) is 4.75. The van der Waals surface area contributed by atoms with Crippen LogP contribution in [0.15, 0.2) is 30.5 Å². The Morgan fingerprint density at radius 3 is 3.12 bits per heavy atom. The first-order valence-corrected chi connectivity index (χ1v) is 6.26. The van der Waals surface area contributed by atoms with E-state index in [9.17, 15) is 0 Å². The lowest BCUT2D eigenvalue weighted by Gasteiger charge is -2.24. The standard InChI is InChI=1S/C14H18N2O/c1-16-9-7-12-13(16)5-2-6-14(12)17-11-4-3-8-15-10-11/h2,5-7,9,11,15H,3-4,8,10H2,1H3. The largest absolute Gasteiger partial charge is 0.488 e. The third kappa shape index (κ3) is 2.03. The Morgan fingerprint density at radius 1 is 1.35 bits per heavy atom. The van der Waals surface area contributed by atoms with Crippen LogP contribution in [0, 0.1) is 0 Å². The molecule has 3 rings (SSSR count). The Hall–Kier alpha value is -1.48. The average molecular weight is 230 g/mol. The van der Waals surface area contributed by atoms with E-state index in [-0.39, 0.29) is 0 Å². The minimum absolute atomic E-state index is 0.314. The van der Waals surface area contributed by atoms with E-state index in [0.717, 1.165) is 25.3 Å². The molecule has 1 unspecified atom stereocenters. The van der Waals surface area contributed by atoms with Crippen molar-refractivity contribution in [1.82, 2.24) is 9.88 Å². The van der Waals surface area contributed by atoms with E-state index < -0.39 is 0 Å². The van der Waals surface area contributed by atoms with Gasteiger partial charge in [-0.05, 0) is 37.6 Å². The predicted octanol–water partition coefficient (Wildman–Crippen LogP) is 2.31. The number of piperidine rings is 1. The highest BCUT2D eigenvalue weighted by molar-refractivity contribution is 5.86. The van der Waals surface area contributed by atoms with Crippen LogP contribution in [0.2, 0.25) is 0 Å². The third-order valence-electron chi connectivity index (χ3n) is 3.43. The van der Waals surface area contributed by atoms with Crippen LogP contribution in [0.3, 0.4) is 0 Å². The Kier molecular flexibility index (Phi) is 2.77. The van der Waals surface area contributed by atoms with Gasteiger partial charge in [0.25, 0.3) is 0 Å². The van der Waals surface area contributed by atoms with Gasteiger partial charge in [0.1, 0.15) is 11.9 Å². The van der Waals surface area contributed by atoms with Crippen molar-refractivity contribution in [3.8, 4) is 5.75 Å². The second kappa shape index (κ2) is 4.41. The number of benzene rings is 1. The van der Waals surface area contributed by atoms with Gasteiger partial charge in [0.2, 0.25) is 0 Å². The van der Waals surface area contributed by atoms with Crippen LogP contribution < -0.4 is 10.1 Å². The van der Waals surface area contributed by atoms with Crippen molar-refractivity contribution in [2.45, 2.75) is 18.9 Å². The van der Waals surface area contributed by atoms with Crippen LogP contribution in [-0.4, -0.2) is 23.8 Å². The summed E-state index contributed by atoms with van der Waals surface area (Å²) < 4.78 is 8.23. The van der Waals surface area contributed by atoms with Gasteiger partial charge in [0.05, 0.1) is 5.52 Å². The van der Waals surface area contributed by atoms with Gasteiger partial charge in [-0.3, -0.25) is 0 Å². The van der Waals surface area contributed by atoms with Crippen LogP contribution in [0.5, 0.6) is 5.75 Å². The zero-order chi connectivity index (χ0) is 11.7. The first-order valence-electron chi connectivity index (χ1n) is 6.26. The summed E-state index contributed by atoms with van der Waals surface area (Å²) in [6, 6.07) is 8.38. The first kappa shape index (κ1) is 10.7. The van der Waals surface area contributed by atoms with Gasteiger partial charge < -0.3 is 14.6 Å². The van der Waals surface area contributed by atoms with Crippen LogP contribution >= 0.6 is 0 Å². The normalized spacial score (nSPS) is 20.6. The van der Waals surface area contributed by atoms with Crippen molar-refractivity contribution >= 4 is 10.9 Å². The molecule has 2 heterocycles. The van der Waals surface area contributed by atoms with E-state index in [4.69, 9.17) is 4.74 Å². The smallest absolute Gasteiger partial charge is 0.129 e. The van der Waals surface area contributed by atoms with Crippen molar-refractivity contribution < 1.29 is 4.74 Å². The monoisotopic (exact) mass is 230 g/mol. The summed E-state index contributed by atoms with van der Waals surface area (Å²) in [5.74, 6) is 1.01. The molecule has 1 aliphatic rings. The van der Waals surface area contributed by atoms with Gasteiger partial charge in [-0.15, -0.1) is 0 Å². The highest BCUT2D eigenvalue weighted by Gasteiger charge is 2.15. The molecule has 0 saturated carbocycles. The third-order valence-corrected chi connectivity index (χ3v) is 3.43. The van der Waals surface area contributed by atoms with E-state index >= 15 is 0 Å². The molecule has 2 aromatic rings. The second-order valence-electron chi connectivity index (χ2n) is 4.70. The van der Waals surface area contributed by atoms with Crippen molar-refractivity contribution in [2.24, 2.45) is 7.05 Å². The number of fused-ring (bicyclic) bond motifs is 1. The minimum atomic E-state index is 0.314. The zero-order valence-electron chi connectivity index (χ0n) is 10.1. The molecule has 3 nitrogen and oxygen atoms in total. The number of nitrogens with zero attached hydrogens (tertiary/aromatic N) is 1. The van der Waals surface area contributed by atoms with Crippen LogP contribution in [-0.2, 0) is 7.05 Å². The SMILES string of the molecule is Cn1ccc2c(OC3CCCNC3)cccc21. The Balaban J connectivity index is 1.89. The fraction of sp³-hybridized carbons (Fsp3) is 0.429. The molecule has 1 aliphatic heterocycles. The molecule has 0 spiro atoms. The number of rotatable bonds is 2. The summed E-state index contributed by atoms with van der Waals surface area (Å²) in [5.41, 5.74) is 1.23. The summed E-state index contributed by atoms with van der Waals surface area (Å²) in [5, 5.41) is 4.59. The Bertz CT molecular complexity index is 512. The molecule has 1 saturated heterocycles. The maximum atomic E-state index is 6.11. The van der Waals surface area contributed by atoms with Gasteiger partial charge in [-0.25, -0.2) is 0 Å². The number of nitrogens with one attached hydrogen (secondary N) is 1. The van der Waals surface area contributed by atoms with Gasteiger partial charge in [0.15, 0.2) is 0 Å². The van der Waals surface area contributed by atoms with Crippen molar-refractivity contribution in [1.29, 1.82) is 0 Å². The topological polar surface area (TPSA) is 26.2 Å². The number of hydrogen-bond acceptors (Lipinski definition) is 2. The molecule has 0 amide bonds. The number of hydrogen-bond donors (Lipinski definition) is 1. The van der Waals surface area contributed by atoms with E-state index in [1.807, 2.05) is 0 Å². The van der Waals surface area contributed by atoms with Crippen LogP contribution in [0.1, 0.15) is 12.8 Å². The molecule has 0 bridgehead atoms. The molecule has 0 radical (unpaired) electrons. The Morgan fingerprint density at radius 2 is 2.29 bits per heavy atom. The molecule has 1 N–H and O–H groups in total. The molecule has 3 heteroatoms. The molecule has 1 aromatic carbocycles. The molecule has 1 aromatic heterocycles. The second-order valence-corrected chi connectivity index (χ2v) is 4.70. The quantitative estimate of drug-likeness (QED) is 0.856. The lowest BCUT2D eigenvalue weighted by atomic mass is 10.1. The molecule has 1 fully saturated rings. The molecular formula is C14H18N2O.